The van der Waals surface area contributed by atoms with Gasteiger partial charge in [-0.05, 0) is 55.4 Å². The summed E-state index contributed by atoms with van der Waals surface area (Å²) in [5.41, 5.74) is 1.95. The fraction of sp³-hybridized carbons (Fsp3) is 0.519. The van der Waals surface area contributed by atoms with Crippen LogP contribution in [0.15, 0.2) is 48.7 Å². The van der Waals surface area contributed by atoms with Gasteiger partial charge in [-0.1, -0.05) is 37.3 Å². The van der Waals surface area contributed by atoms with E-state index in [4.69, 9.17) is 0 Å². The summed E-state index contributed by atoms with van der Waals surface area (Å²) in [7, 11) is 3.97. The Balaban J connectivity index is 1.36. The summed E-state index contributed by atoms with van der Waals surface area (Å²) in [5.74, 6) is 1.35. The van der Waals surface area contributed by atoms with Crippen molar-refractivity contribution in [3.05, 3.63) is 59.8 Å². The number of nitrogens with zero attached hydrogens (tertiary/aromatic N) is 4. The summed E-state index contributed by atoms with van der Waals surface area (Å²) in [6.07, 6.45) is 6.60. The summed E-state index contributed by atoms with van der Waals surface area (Å²) < 4.78 is 0. The molecule has 3 heterocycles. The quantitative estimate of drug-likeness (QED) is 0.668. The van der Waals surface area contributed by atoms with E-state index in [1.54, 1.807) is 0 Å². The minimum Gasteiger partial charge on any atom is -0.363 e. The first-order valence-electron chi connectivity index (χ1n) is 12.1. The minimum atomic E-state index is -0.407. The SMILES string of the molecule is CN(C)c1cc([C@@H]2CCCN2C(=O)C2(C)CCN(C(=O)CCc3ccccc3)CC2)ccn1. The van der Waals surface area contributed by atoms with Gasteiger partial charge in [0.05, 0.1) is 6.04 Å². The van der Waals surface area contributed by atoms with Crippen molar-refractivity contribution in [3.8, 4) is 0 Å². The number of likely N-dealkylation sites (tertiary alicyclic amines) is 2. The smallest absolute Gasteiger partial charge is 0.229 e. The summed E-state index contributed by atoms with van der Waals surface area (Å²) in [4.78, 5) is 36.9. The number of aromatic nitrogens is 1. The maximum absolute atomic E-state index is 13.7. The lowest BCUT2D eigenvalue weighted by molar-refractivity contribution is -0.148. The molecule has 4 rings (SSSR count). The number of carbonyl (C=O) groups is 2. The molecule has 1 aromatic heterocycles. The third-order valence-electron chi connectivity index (χ3n) is 7.33. The van der Waals surface area contributed by atoms with Crippen molar-refractivity contribution in [3.63, 3.8) is 0 Å². The molecule has 1 aromatic carbocycles. The first-order valence-corrected chi connectivity index (χ1v) is 12.1. The lowest BCUT2D eigenvalue weighted by Gasteiger charge is -2.41. The number of benzene rings is 1. The third kappa shape index (κ3) is 5.21. The van der Waals surface area contributed by atoms with Crippen molar-refractivity contribution >= 4 is 17.6 Å². The Bertz CT molecular complexity index is 967. The van der Waals surface area contributed by atoms with Gasteiger partial charge < -0.3 is 14.7 Å². The van der Waals surface area contributed by atoms with E-state index >= 15 is 0 Å². The molecular weight excluding hydrogens is 412 g/mol. The van der Waals surface area contributed by atoms with Crippen molar-refractivity contribution in [1.29, 1.82) is 0 Å². The molecule has 0 spiro atoms. The third-order valence-corrected chi connectivity index (χ3v) is 7.33. The van der Waals surface area contributed by atoms with Gasteiger partial charge in [-0.3, -0.25) is 9.59 Å². The maximum atomic E-state index is 13.7. The predicted molar refractivity (Wildman–Crippen MR) is 131 cm³/mol. The van der Waals surface area contributed by atoms with Crippen LogP contribution in [0.1, 0.15) is 56.2 Å². The Morgan fingerprint density at radius 2 is 1.82 bits per heavy atom. The van der Waals surface area contributed by atoms with E-state index < -0.39 is 5.41 Å². The summed E-state index contributed by atoms with van der Waals surface area (Å²) >= 11 is 0. The molecule has 0 aliphatic carbocycles. The summed E-state index contributed by atoms with van der Waals surface area (Å²) in [5, 5.41) is 0. The molecule has 0 unspecified atom stereocenters. The summed E-state index contributed by atoms with van der Waals surface area (Å²) in [6.45, 7) is 4.22. The molecule has 33 heavy (non-hydrogen) atoms. The van der Waals surface area contributed by atoms with Crippen molar-refractivity contribution in [1.82, 2.24) is 14.8 Å². The highest BCUT2D eigenvalue weighted by Crippen LogP contribution is 2.40. The molecule has 6 nitrogen and oxygen atoms in total. The Labute approximate surface area is 197 Å². The molecule has 1 atom stereocenters. The largest absolute Gasteiger partial charge is 0.363 e. The molecule has 0 radical (unpaired) electrons. The zero-order chi connectivity index (χ0) is 23.4. The Hall–Kier alpha value is -2.89. The van der Waals surface area contributed by atoms with Crippen molar-refractivity contribution in [2.24, 2.45) is 5.41 Å². The van der Waals surface area contributed by atoms with Crippen LogP contribution in [-0.4, -0.2) is 60.3 Å². The van der Waals surface area contributed by atoms with Gasteiger partial charge in [-0.2, -0.15) is 0 Å². The molecule has 6 heteroatoms. The number of amides is 2. The monoisotopic (exact) mass is 448 g/mol. The number of rotatable bonds is 6. The molecule has 2 fully saturated rings. The molecule has 0 N–H and O–H groups in total. The van der Waals surface area contributed by atoms with Crippen LogP contribution in [0, 0.1) is 5.41 Å². The van der Waals surface area contributed by atoms with Gasteiger partial charge >= 0.3 is 0 Å². The molecule has 2 saturated heterocycles. The van der Waals surface area contributed by atoms with Gasteiger partial charge in [0.25, 0.3) is 0 Å². The zero-order valence-corrected chi connectivity index (χ0v) is 20.2. The lowest BCUT2D eigenvalue weighted by atomic mass is 9.78. The maximum Gasteiger partial charge on any atom is 0.229 e. The van der Waals surface area contributed by atoms with Crippen LogP contribution in [0.5, 0.6) is 0 Å². The molecule has 2 aromatic rings. The first-order chi connectivity index (χ1) is 15.9. The molecular formula is C27H36N4O2. The van der Waals surface area contributed by atoms with E-state index in [0.717, 1.165) is 50.0 Å². The second-order valence-corrected chi connectivity index (χ2v) is 9.93. The molecule has 2 aliphatic heterocycles. The number of aryl methyl sites for hydroxylation is 1. The Morgan fingerprint density at radius 1 is 1.09 bits per heavy atom. The summed E-state index contributed by atoms with van der Waals surface area (Å²) in [6, 6.07) is 14.4. The van der Waals surface area contributed by atoms with Crippen LogP contribution in [0.2, 0.25) is 0 Å². The second kappa shape index (κ2) is 9.94. The highest BCUT2D eigenvalue weighted by molar-refractivity contribution is 5.84. The molecule has 0 saturated carbocycles. The van der Waals surface area contributed by atoms with Crippen molar-refractivity contribution in [2.75, 3.05) is 38.6 Å². The molecule has 2 amide bonds. The first kappa shape index (κ1) is 23.3. The lowest BCUT2D eigenvalue weighted by Crippen LogP contribution is -2.50. The van der Waals surface area contributed by atoms with Crippen molar-refractivity contribution in [2.45, 2.75) is 51.5 Å². The molecule has 176 valence electrons. The van der Waals surface area contributed by atoms with Gasteiger partial charge in [0.1, 0.15) is 5.82 Å². The topological polar surface area (TPSA) is 56.8 Å². The number of piperidine rings is 1. The van der Waals surface area contributed by atoms with Crippen LogP contribution in [0.3, 0.4) is 0 Å². The average molecular weight is 449 g/mol. The van der Waals surface area contributed by atoms with Gasteiger partial charge in [0, 0.05) is 51.8 Å². The fourth-order valence-corrected chi connectivity index (χ4v) is 5.11. The highest BCUT2D eigenvalue weighted by atomic mass is 16.2. The van der Waals surface area contributed by atoms with E-state index in [-0.39, 0.29) is 17.9 Å². The predicted octanol–water partition coefficient (Wildman–Crippen LogP) is 4.07. The van der Waals surface area contributed by atoms with Crippen LogP contribution in [-0.2, 0) is 16.0 Å². The standard InChI is InChI=1S/C27H36N4O2/c1-27(14-18-30(19-15-27)25(32)12-11-21-8-5-4-6-9-21)26(33)31-17-7-10-23(31)22-13-16-28-24(20-22)29(2)3/h4-6,8-9,13,16,20,23H,7,10-12,14-15,17-19H2,1-3H3/t23-/m0/s1. The number of pyridine rings is 1. The van der Waals surface area contributed by atoms with Gasteiger partial charge in [0.2, 0.25) is 11.8 Å². The number of anilines is 1. The van der Waals surface area contributed by atoms with Crippen LogP contribution in [0.25, 0.3) is 0 Å². The van der Waals surface area contributed by atoms with E-state index in [1.165, 1.54) is 5.56 Å². The normalized spacial score (nSPS) is 20.0. The number of hydrogen-bond acceptors (Lipinski definition) is 4. The van der Waals surface area contributed by atoms with E-state index in [1.807, 2.05) is 54.4 Å². The minimum absolute atomic E-state index is 0.113. The Kier molecular flexibility index (Phi) is 7.01. The number of hydrogen-bond donors (Lipinski definition) is 0. The van der Waals surface area contributed by atoms with Crippen LogP contribution in [0.4, 0.5) is 5.82 Å². The number of carbonyl (C=O) groups excluding carboxylic acids is 2. The molecule has 0 bridgehead atoms. The van der Waals surface area contributed by atoms with Gasteiger partial charge in [0.15, 0.2) is 0 Å². The highest BCUT2D eigenvalue weighted by Gasteiger charge is 2.43. The fourth-order valence-electron chi connectivity index (χ4n) is 5.11. The van der Waals surface area contributed by atoms with Gasteiger partial charge in [-0.15, -0.1) is 0 Å². The Morgan fingerprint density at radius 3 is 2.52 bits per heavy atom. The van der Waals surface area contributed by atoms with Gasteiger partial charge in [-0.25, -0.2) is 4.98 Å². The van der Waals surface area contributed by atoms with E-state index in [0.29, 0.717) is 19.5 Å². The van der Waals surface area contributed by atoms with Crippen LogP contribution < -0.4 is 4.90 Å². The second-order valence-electron chi connectivity index (χ2n) is 9.93. The zero-order valence-electron chi connectivity index (χ0n) is 20.2. The molecule has 2 aliphatic rings. The van der Waals surface area contributed by atoms with Crippen molar-refractivity contribution < 1.29 is 9.59 Å². The van der Waals surface area contributed by atoms with E-state index in [9.17, 15) is 9.59 Å². The average Bonchev–Trinajstić information content (AvgIpc) is 3.33. The van der Waals surface area contributed by atoms with Crippen LogP contribution >= 0.6 is 0 Å². The van der Waals surface area contributed by atoms with E-state index in [2.05, 4.69) is 35.0 Å².